The van der Waals surface area contributed by atoms with Crippen LogP contribution in [0.5, 0.6) is 0 Å². The van der Waals surface area contributed by atoms with Gasteiger partial charge in [-0.2, -0.15) is 5.10 Å². The van der Waals surface area contributed by atoms with E-state index in [4.69, 9.17) is 0 Å². The second kappa shape index (κ2) is 4.23. The van der Waals surface area contributed by atoms with Crippen molar-refractivity contribution in [1.29, 1.82) is 0 Å². The molecule has 0 aromatic carbocycles. The van der Waals surface area contributed by atoms with Crippen LogP contribution in [0.3, 0.4) is 0 Å². The fraction of sp³-hybridized carbons (Fsp3) is 0.273. The van der Waals surface area contributed by atoms with Gasteiger partial charge in [0.1, 0.15) is 0 Å². The first-order valence-electron chi connectivity index (χ1n) is 4.87. The molecule has 78 valence electrons. The maximum absolute atomic E-state index is 4.17. The summed E-state index contributed by atoms with van der Waals surface area (Å²) in [6.45, 7) is 0. The summed E-state index contributed by atoms with van der Waals surface area (Å²) >= 11 is 0. The average molecular weight is 202 g/mol. The second-order valence-corrected chi connectivity index (χ2v) is 3.46. The van der Waals surface area contributed by atoms with Gasteiger partial charge in [-0.25, -0.2) is 0 Å². The minimum absolute atomic E-state index is 0.160. The molecular weight excluding hydrogens is 188 g/mol. The number of aromatic nitrogens is 3. The van der Waals surface area contributed by atoms with E-state index in [1.165, 1.54) is 0 Å². The van der Waals surface area contributed by atoms with E-state index in [2.05, 4.69) is 21.5 Å². The van der Waals surface area contributed by atoms with Gasteiger partial charge in [0.15, 0.2) is 0 Å². The van der Waals surface area contributed by atoms with Gasteiger partial charge < -0.3 is 5.32 Å². The monoisotopic (exact) mass is 202 g/mol. The Morgan fingerprint density at radius 2 is 2.20 bits per heavy atom. The first-order chi connectivity index (χ1) is 7.31. The van der Waals surface area contributed by atoms with Gasteiger partial charge in [-0.05, 0) is 18.7 Å². The van der Waals surface area contributed by atoms with E-state index in [0.29, 0.717) is 0 Å². The highest BCUT2D eigenvalue weighted by atomic mass is 15.2. The topological polar surface area (TPSA) is 42.7 Å². The van der Waals surface area contributed by atoms with Gasteiger partial charge in [0.05, 0.1) is 12.2 Å². The van der Waals surface area contributed by atoms with Crippen LogP contribution in [0.1, 0.15) is 17.2 Å². The highest BCUT2D eigenvalue weighted by molar-refractivity contribution is 5.26. The van der Waals surface area contributed by atoms with Gasteiger partial charge in [-0.3, -0.25) is 9.67 Å². The van der Waals surface area contributed by atoms with E-state index >= 15 is 0 Å². The largest absolute Gasteiger partial charge is 0.309 e. The van der Waals surface area contributed by atoms with Gasteiger partial charge in [-0.15, -0.1) is 0 Å². The number of hydrogen-bond acceptors (Lipinski definition) is 3. The smallest absolute Gasteiger partial charge is 0.0620 e. The average Bonchev–Trinajstić information content (AvgIpc) is 2.68. The molecule has 4 heteroatoms. The van der Waals surface area contributed by atoms with Crippen LogP contribution in [0, 0.1) is 0 Å². The van der Waals surface area contributed by atoms with Gasteiger partial charge in [0, 0.05) is 31.2 Å². The van der Waals surface area contributed by atoms with Gasteiger partial charge >= 0.3 is 0 Å². The quantitative estimate of drug-likeness (QED) is 0.811. The Hall–Kier alpha value is -1.68. The number of pyridine rings is 1. The zero-order valence-electron chi connectivity index (χ0n) is 8.88. The standard InChI is InChI=1S/C11H14N4/c1-12-11(9-4-3-5-13-6-9)10-7-14-15(2)8-10/h3-8,11-12H,1-2H3. The number of aryl methyl sites for hydroxylation is 1. The number of hydrogen-bond donors (Lipinski definition) is 1. The minimum atomic E-state index is 0.160. The van der Waals surface area contributed by atoms with Crippen molar-refractivity contribution in [3.8, 4) is 0 Å². The Morgan fingerprint density at radius 1 is 1.33 bits per heavy atom. The van der Waals surface area contributed by atoms with Gasteiger partial charge in [-0.1, -0.05) is 6.07 Å². The zero-order valence-corrected chi connectivity index (χ0v) is 8.88. The lowest BCUT2D eigenvalue weighted by Crippen LogP contribution is -2.17. The van der Waals surface area contributed by atoms with E-state index in [-0.39, 0.29) is 6.04 Å². The van der Waals surface area contributed by atoms with Crippen LogP contribution in [0.4, 0.5) is 0 Å². The normalized spacial score (nSPS) is 12.7. The molecule has 0 amide bonds. The van der Waals surface area contributed by atoms with Crippen LogP contribution >= 0.6 is 0 Å². The molecule has 2 aromatic rings. The summed E-state index contributed by atoms with van der Waals surface area (Å²) < 4.78 is 1.80. The Balaban J connectivity index is 2.33. The van der Waals surface area contributed by atoms with Crippen LogP contribution in [0.25, 0.3) is 0 Å². The predicted molar refractivity (Wildman–Crippen MR) is 58.3 cm³/mol. The Kier molecular flexibility index (Phi) is 2.78. The van der Waals surface area contributed by atoms with Crippen molar-refractivity contribution in [3.63, 3.8) is 0 Å². The molecule has 0 bridgehead atoms. The zero-order chi connectivity index (χ0) is 10.7. The van der Waals surface area contributed by atoms with Crippen molar-refractivity contribution in [2.75, 3.05) is 7.05 Å². The molecule has 0 aliphatic rings. The summed E-state index contributed by atoms with van der Waals surface area (Å²) in [4.78, 5) is 4.12. The molecule has 0 aliphatic carbocycles. The minimum Gasteiger partial charge on any atom is -0.309 e. The fourth-order valence-electron chi connectivity index (χ4n) is 1.66. The first kappa shape index (κ1) is 9.86. The SMILES string of the molecule is CNC(c1cccnc1)c1cnn(C)c1. The summed E-state index contributed by atoms with van der Waals surface area (Å²) in [5.74, 6) is 0. The third-order valence-corrected chi connectivity index (χ3v) is 2.36. The molecule has 2 aromatic heterocycles. The van der Waals surface area contributed by atoms with Crippen LogP contribution in [0.2, 0.25) is 0 Å². The van der Waals surface area contributed by atoms with Crippen LogP contribution in [-0.2, 0) is 7.05 Å². The molecule has 4 nitrogen and oxygen atoms in total. The Labute approximate surface area is 89.0 Å². The van der Waals surface area contributed by atoms with E-state index in [9.17, 15) is 0 Å². The fourth-order valence-corrected chi connectivity index (χ4v) is 1.66. The molecule has 15 heavy (non-hydrogen) atoms. The first-order valence-corrected chi connectivity index (χ1v) is 4.87. The maximum Gasteiger partial charge on any atom is 0.0620 e. The van der Waals surface area contributed by atoms with Crippen molar-refractivity contribution < 1.29 is 0 Å². The lowest BCUT2D eigenvalue weighted by Gasteiger charge is -2.13. The molecule has 0 fully saturated rings. The highest BCUT2D eigenvalue weighted by Gasteiger charge is 2.12. The highest BCUT2D eigenvalue weighted by Crippen LogP contribution is 2.19. The van der Waals surface area contributed by atoms with Crippen molar-refractivity contribution >= 4 is 0 Å². The van der Waals surface area contributed by atoms with Gasteiger partial charge in [0.25, 0.3) is 0 Å². The molecule has 1 N–H and O–H groups in total. The van der Waals surface area contributed by atoms with Gasteiger partial charge in [0.2, 0.25) is 0 Å². The molecule has 0 spiro atoms. The molecule has 1 unspecified atom stereocenters. The van der Waals surface area contributed by atoms with E-state index in [1.54, 1.807) is 10.9 Å². The van der Waals surface area contributed by atoms with Crippen LogP contribution < -0.4 is 5.32 Å². The summed E-state index contributed by atoms with van der Waals surface area (Å²) in [7, 11) is 3.85. The molecule has 0 aliphatic heterocycles. The third-order valence-electron chi connectivity index (χ3n) is 2.36. The molecule has 2 rings (SSSR count). The molecule has 0 radical (unpaired) electrons. The van der Waals surface area contributed by atoms with Crippen molar-refractivity contribution in [1.82, 2.24) is 20.1 Å². The predicted octanol–water partition coefficient (Wildman–Crippen LogP) is 1.12. The summed E-state index contributed by atoms with van der Waals surface area (Å²) in [5, 5.41) is 7.42. The number of nitrogens with zero attached hydrogens (tertiary/aromatic N) is 3. The lowest BCUT2D eigenvalue weighted by atomic mass is 10.0. The Morgan fingerprint density at radius 3 is 2.73 bits per heavy atom. The van der Waals surface area contributed by atoms with Crippen molar-refractivity contribution in [3.05, 3.63) is 48.0 Å². The molecule has 2 heterocycles. The van der Waals surface area contributed by atoms with E-state index < -0.39 is 0 Å². The Bertz CT molecular complexity index is 421. The maximum atomic E-state index is 4.17. The summed E-state index contributed by atoms with van der Waals surface area (Å²) in [6.07, 6.45) is 7.52. The van der Waals surface area contributed by atoms with Crippen LogP contribution in [0.15, 0.2) is 36.9 Å². The lowest BCUT2D eigenvalue weighted by molar-refractivity contribution is 0.686. The molecule has 1 atom stereocenters. The van der Waals surface area contributed by atoms with E-state index in [0.717, 1.165) is 11.1 Å². The van der Waals surface area contributed by atoms with Crippen molar-refractivity contribution in [2.45, 2.75) is 6.04 Å². The molecule has 0 saturated heterocycles. The van der Waals surface area contributed by atoms with Crippen molar-refractivity contribution in [2.24, 2.45) is 7.05 Å². The van der Waals surface area contributed by atoms with Crippen LogP contribution in [-0.4, -0.2) is 21.8 Å². The molecular formula is C11H14N4. The second-order valence-electron chi connectivity index (χ2n) is 3.46. The number of rotatable bonds is 3. The third kappa shape index (κ3) is 2.05. The summed E-state index contributed by atoms with van der Waals surface area (Å²) in [5.41, 5.74) is 2.29. The molecule has 0 saturated carbocycles. The number of nitrogens with one attached hydrogen (secondary N) is 1. The summed E-state index contributed by atoms with van der Waals surface area (Å²) in [6, 6.07) is 4.16. The van der Waals surface area contributed by atoms with E-state index in [1.807, 2.05) is 38.8 Å².